The van der Waals surface area contributed by atoms with Crippen molar-refractivity contribution in [2.45, 2.75) is 89.5 Å². The van der Waals surface area contributed by atoms with Crippen LogP contribution in [0.3, 0.4) is 0 Å². The van der Waals surface area contributed by atoms with Gasteiger partial charge in [-0.3, -0.25) is 4.90 Å². The van der Waals surface area contributed by atoms with Gasteiger partial charge in [0.2, 0.25) is 0 Å². The zero-order valence-electron chi connectivity index (χ0n) is 15.4. The molecule has 2 rings (SSSR count). The van der Waals surface area contributed by atoms with Gasteiger partial charge in [-0.2, -0.15) is 0 Å². The van der Waals surface area contributed by atoms with Gasteiger partial charge in [0.05, 0.1) is 0 Å². The van der Waals surface area contributed by atoms with Crippen LogP contribution in [0, 0.1) is 0 Å². The van der Waals surface area contributed by atoms with E-state index in [9.17, 15) is 0 Å². The molecule has 0 unspecified atom stereocenters. The van der Waals surface area contributed by atoms with Gasteiger partial charge >= 0.3 is 0 Å². The number of rotatable bonds is 5. The molecule has 0 atom stereocenters. The van der Waals surface area contributed by atoms with Crippen LogP contribution in [-0.2, 0) is 0 Å². The summed E-state index contributed by atoms with van der Waals surface area (Å²) in [6, 6.07) is 3.78. The van der Waals surface area contributed by atoms with E-state index >= 15 is 0 Å². The molecule has 0 N–H and O–H groups in total. The summed E-state index contributed by atoms with van der Waals surface area (Å²) in [5.74, 6) is 0. The molecule has 0 aromatic rings. The molecule has 1 aliphatic carbocycles. The minimum absolute atomic E-state index is 0.898. The highest BCUT2D eigenvalue weighted by atomic mass is 28.3. The lowest BCUT2D eigenvalue weighted by molar-refractivity contribution is 0.195. The summed E-state index contributed by atoms with van der Waals surface area (Å²) in [5, 5.41) is 0. The summed E-state index contributed by atoms with van der Waals surface area (Å²) >= 11 is 0. The Hall–Kier alpha value is 0.134. The van der Waals surface area contributed by atoms with Gasteiger partial charge in [-0.1, -0.05) is 69.7 Å². The van der Waals surface area contributed by atoms with E-state index in [1.165, 1.54) is 57.3 Å². The highest BCUT2D eigenvalue weighted by molar-refractivity contribution is 6.77. The molecule has 21 heavy (non-hydrogen) atoms. The van der Waals surface area contributed by atoms with E-state index in [4.69, 9.17) is 0 Å². The van der Waals surface area contributed by atoms with Crippen molar-refractivity contribution in [3.8, 4) is 0 Å². The minimum Gasteiger partial charge on any atom is -0.293 e. The van der Waals surface area contributed by atoms with Gasteiger partial charge in [-0.05, 0) is 24.9 Å². The Morgan fingerprint density at radius 1 is 0.762 bits per heavy atom. The lowest BCUT2D eigenvalue weighted by Crippen LogP contribution is -2.36. The first-order valence-electron chi connectivity index (χ1n) is 9.08. The van der Waals surface area contributed by atoms with E-state index < -0.39 is 16.1 Å². The molecule has 0 aromatic heterocycles. The average molecular weight is 324 g/mol. The standard InChI is InChI=1S/C18H37NSi2/c1-20(2,3)14-16-12-19(18-10-8-7-9-11-18)13-17(16)15-21(4,5)6/h18H,7-15H2,1-6H3. The topological polar surface area (TPSA) is 3.24 Å². The Balaban J connectivity index is 2.07. The molecule has 1 heterocycles. The zero-order chi connectivity index (χ0) is 15.7. The molecule has 0 spiro atoms. The fourth-order valence-corrected chi connectivity index (χ4v) is 7.40. The second-order valence-corrected chi connectivity index (χ2v) is 20.8. The Morgan fingerprint density at radius 2 is 1.19 bits per heavy atom. The smallest absolute Gasteiger partial charge is 0.0483 e. The van der Waals surface area contributed by atoms with Crippen molar-refractivity contribution < 1.29 is 0 Å². The SMILES string of the molecule is C[Si](C)(C)CC1=C(C[Si](C)(C)C)CN(C2CCCCC2)C1. The number of hydrogen-bond donors (Lipinski definition) is 0. The van der Waals surface area contributed by atoms with E-state index in [-0.39, 0.29) is 0 Å². The molecule has 1 fully saturated rings. The normalized spacial score (nSPS) is 23.1. The van der Waals surface area contributed by atoms with E-state index in [2.05, 4.69) is 44.2 Å². The molecule has 2 aliphatic rings. The molecular formula is C18H37NSi2. The summed E-state index contributed by atoms with van der Waals surface area (Å²) in [7, 11) is -1.98. The van der Waals surface area contributed by atoms with Crippen molar-refractivity contribution >= 4 is 16.1 Å². The molecule has 0 saturated heterocycles. The summed E-state index contributed by atoms with van der Waals surface area (Å²) < 4.78 is 0. The van der Waals surface area contributed by atoms with Crippen molar-refractivity contribution in [1.82, 2.24) is 4.90 Å². The first kappa shape index (κ1) is 17.5. The fourth-order valence-electron chi connectivity index (χ4n) is 4.12. The first-order chi connectivity index (χ1) is 9.64. The maximum atomic E-state index is 2.85. The van der Waals surface area contributed by atoms with Crippen molar-refractivity contribution in [2.75, 3.05) is 13.1 Å². The zero-order valence-corrected chi connectivity index (χ0v) is 17.4. The van der Waals surface area contributed by atoms with Crippen LogP contribution in [0.1, 0.15) is 32.1 Å². The third-order valence-corrected chi connectivity index (χ3v) is 7.84. The Kier molecular flexibility index (Phi) is 5.59. The third kappa shape index (κ3) is 5.68. The Bertz CT molecular complexity index is 353. The maximum absolute atomic E-state index is 2.85. The second kappa shape index (κ2) is 6.71. The number of hydrogen-bond acceptors (Lipinski definition) is 1. The van der Waals surface area contributed by atoms with E-state index in [0.29, 0.717) is 0 Å². The monoisotopic (exact) mass is 323 g/mol. The van der Waals surface area contributed by atoms with E-state index in [0.717, 1.165) is 6.04 Å². The summed E-state index contributed by atoms with van der Waals surface area (Å²) in [6.45, 7) is 17.9. The molecular weight excluding hydrogens is 286 g/mol. The molecule has 0 radical (unpaired) electrons. The van der Waals surface area contributed by atoms with E-state index in [1.807, 2.05) is 11.1 Å². The molecule has 3 heteroatoms. The quantitative estimate of drug-likeness (QED) is 0.469. The molecule has 0 amide bonds. The molecule has 0 bridgehead atoms. The van der Waals surface area contributed by atoms with Crippen LogP contribution in [0.15, 0.2) is 11.1 Å². The van der Waals surface area contributed by atoms with Gasteiger partial charge in [0.25, 0.3) is 0 Å². The van der Waals surface area contributed by atoms with Crippen LogP contribution in [0.2, 0.25) is 51.4 Å². The van der Waals surface area contributed by atoms with Gasteiger partial charge < -0.3 is 0 Å². The largest absolute Gasteiger partial charge is 0.293 e. The van der Waals surface area contributed by atoms with Gasteiger partial charge in [0.15, 0.2) is 0 Å². The summed E-state index contributed by atoms with van der Waals surface area (Å²) in [5.41, 5.74) is 3.73. The van der Waals surface area contributed by atoms with Crippen LogP contribution < -0.4 is 0 Å². The molecule has 1 aliphatic heterocycles. The van der Waals surface area contributed by atoms with Crippen LogP contribution in [-0.4, -0.2) is 40.2 Å². The highest BCUT2D eigenvalue weighted by Gasteiger charge is 2.32. The maximum Gasteiger partial charge on any atom is 0.0483 e. The van der Waals surface area contributed by atoms with Gasteiger partial charge in [-0.25, -0.2) is 0 Å². The van der Waals surface area contributed by atoms with Gasteiger partial charge in [0, 0.05) is 35.3 Å². The summed E-state index contributed by atoms with van der Waals surface area (Å²) in [6.07, 6.45) is 7.32. The van der Waals surface area contributed by atoms with Gasteiger partial charge in [0.1, 0.15) is 0 Å². The minimum atomic E-state index is -0.988. The first-order valence-corrected chi connectivity index (χ1v) is 16.5. The van der Waals surface area contributed by atoms with Crippen molar-refractivity contribution in [1.29, 1.82) is 0 Å². The fraction of sp³-hybridized carbons (Fsp3) is 0.889. The summed E-state index contributed by atoms with van der Waals surface area (Å²) in [4.78, 5) is 2.85. The molecule has 1 nitrogen and oxygen atoms in total. The predicted octanol–water partition coefficient (Wildman–Crippen LogP) is 5.61. The Morgan fingerprint density at radius 3 is 1.57 bits per heavy atom. The van der Waals surface area contributed by atoms with Crippen LogP contribution in [0.5, 0.6) is 0 Å². The average Bonchev–Trinajstić information content (AvgIpc) is 2.69. The van der Waals surface area contributed by atoms with E-state index in [1.54, 1.807) is 0 Å². The van der Waals surface area contributed by atoms with Crippen molar-refractivity contribution in [2.24, 2.45) is 0 Å². The van der Waals surface area contributed by atoms with Crippen LogP contribution in [0.4, 0.5) is 0 Å². The number of nitrogens with zero attached hydrogens (tertiary/aromatic N) is 1. The molecule has 1 saturated carbocycles. The second-order valence-electron chi connectivity index (χ2n) is 9.88. The highest BCUT2D eigenvalue weighted by Crippen LogP contribution is 2.34. The lowest BCUT2D eigenvalue weighted by atomic mass is 9.94. The van der Waals surface area contributed by atoms with Crippen LogP contribution in [0.25, 0.3) is 0 Å². The van der Waals surface area contributed by atoms with Crippen molar-refractivity contribution in [3.05, 3.63) is 11.1 Å². The Labute approximate surface area is 135 Å². The molecule has 122 valence electrons. The molecule has 0 aromatic carbocycles. The van der Waals surface area contributed by atoms with Crippen molar-refractivity contribution in [3.63, 3.8) is 0 Å². The third-order valence-electron chi connectivity index (χ3n) is 4.87. The van der Waals surface area contributed by atoms with Gasteiger partial charge in [-0.15, -0.1) is 0 Å². The lowest BCUT2D eigenvalue weighted by Gasteiger charge is -2.32. The predicted molar refractivity (Wildman–Crippen MR) is 102 cm³/mol. The van der Waals surface area contributed by atoms with Crippen LogP contribution >= 0.6 is 0 Å².